The molecule has 1 aliphatic rings. The molecule has 1 atom stereocenters. The van der Waals surface area contributed by atoms with E-state index in [1.54, 1.807) is 26.4 Å². The number of nitrogens with one attached hydrogen (secondary N) is 1. The van der Waals surface area contributed by atoms with E-state index in [-0.39, 0.29) is 17.4 Å². The van der Waals surface area contributed by atoms with E-state index in [9.17, 15) is 9.59 Å². The minimum atomic E-state index is -0.136. The predicted molar refractivity (Wildman–Crippen MR) is 83.9 cm³/mol. The second kappa shape index (κ2) is 7.93. The third kappa shape index (κ3) is 4.30. The number of rotatable bonds is 6. The van der Waals surface area contributed by atoms with Gasteiger partial charge in [0.25, 0.3) is 5.56 Å². The predicted octanol–water partition coefficient (Wildman–Crippen LogP) is 0.149. The van der Waals surface area contributed by atoms with Crippen LogP contribution in [0.4, 0.5) is 5.69 Å². The summed E-state index contributed by atoms with van der Waals surface area (Å²) in [5.74, 6) is 0.0398. The maximum absolute atomic E-state index is 12.2. The Morgan fingerprint density at radius 2 is 2.36 bits per heavy atom. The summed E-state index contributed by atoms with van der Waals surface area (Å²) in [6.07, 6.45) is 4.31. The van der Waals surface area contributed by atoms with Gasteiger partial charge in [-0.1, -0.05) is 0 Å². The highest BCUT2D eigenvalue weighted by Gasteiger charge is 2.26. The summed E-state index contributed by atoms with van der Waals surface area (Å²) >= 11 is 0. The molecule has 0 unspecified atom stereocenters. The molecule has 1 saturated heterocycles. The van der Waals surface area contributed by atoms with E-state index in [4.69, 9.17) is 4.74 Å². The Bertz CT molecular complexity index is 558. The van der Waals surface area contributed by atoms with E-state index in [1.807, 2.05) is 0 Å². The molecule has 0 bridgehead atoms. The molecular formula is C15H24N4O3. The van der Waals surface area contributed by atoms with Crippen LogP contribution in [0.15, 0.2) is 17.1 Å². The molecule has 0 aromatic carbocycles. The minimum Gasteiger partial charge on any atom is -0.385 e. The molecule has 7 nitrogen and oxygen atoms in total. The highest BCUT2D eigenvalue weighted by molar-refractivity contribution is 5.79. The zero-order valence-electron chi connectivity index (χ0n) is 13.2. The zero-order valence-corrected chi connectivity index (χ0v) is 13.2. The number of aromatic nitrogens is 2. The van der Waals surface area contributed by atoms with Crippen LogP contribution in [-0.4, -0.2) is 49.0 Å². The molecule has 7 heteroatoms. The van der Waals surface area contributed by atoms with Crippen LogP contribution in [-0.2, 0) is 16.6 Å². The Morgan fingerprint density at radius 1 is 1.55 bits per heavy atom. The standard InChI is InChI=1S/C15H24N4O3/c1-18-14(20)9-13(10-17-18)19-7-3-5-12(11-19)15(21)16-6-4-8-22-2/h9-10,12H,3-8,11H2,1-2H3,(H,16,21)/t12-/m0/s1. The molecule has 2 heterocycles. The second-order valence-corrected chi connectivity index (χ2v) is 5.60. The molecule has 0 radical (unpaired) electrons. The van der Waals surface area contributed by atoms with Crippen LogP contribution >= 0.6 is 0 Å². The maximum atomic E-state index is 12.2. The smallest absolute Gasteiger partial charge is 0.268 e. The van der Waals surface area contributed by atoms with Gasteiger partial charge in [-0.2, -0.15) is 5.10 Å². The van der Waals surface area contributed by atoms with E-state index in [0.717, 1.165) is 31.5 Å². The van der Waals surface area contributed by atoms with Crippen molar-refractivity contribution >= 4 is 11.6 Å². The lowest BCUT2D eigenvalue weighted by molar-refractivity contribution is -0.125. The van der Waals surface area contributed by atoms with E-state index in [1.165, 1.54) is 4.68 Å². The highest BCUT2D eigenvalue weighted by Crippen LogP contribution is 2.21. The fraction of sp³-hybridized carbons (Fsp3) is 0.667. The first-order chi connectivity index (χ1) is 10.6. The monoisotopic (exact) mass is 308 g/mol. The molecule has 0 spiro atoms. The van der Waals surface area contributed by atoms with Crippen molar-refractivity contribution in [3.63, 3.8) is 0 Å². The van der Waals surface area contributed by atoms with Gasteiger partial charge in [0.05, 0.1) is 17.8 Å². The average Bonchev–Trinajstić information content (AvgIpc) is 2.54. The first kappa shape index (κ1) is 16.5. The summed E-state index contributed by atoms with van der Waals surface area (Å²) < 4.78 is 6.27. The van der Waals surface area contributed by atoms with Gasteiger partial charge in [-0.3, -0.25) is 9.59 Å². The quantitative estimate of drug-likeness (QED) is 0.757. The molecular weight excluding hydrogens is 284 g/mol. The molecule has 1 aromatic heterocycles. The summed E-state index contributed by atoms with van der Waals surface area (Å²) in [6, 6.07) is 1.58. The van der Waals surface area contributed by atoms with Crippen LogP contribution in [0.2, 0.25) is 0 Å². The minimum absolute atomic E-state index is 0.0413. The van der Waals surface area contributed by atoms with E-state index >= 15 is 0 Å². The van der Waals surface area contributed by atoms with Crippen molar-refractivity contribution in [1.82, 2.24) is 15.1 Å². The van der Waals surface area contributed by atoms with Crippen LogP contribution in [0.3, 0.4) is 0 Å². The molecule has 1 amide bonds. The van der Waals surface area contributed by atoms with Crippen molar-refractivity contribution in [1.29, 1.82) is 0 Å². The van der Waals surface area contributed by atoms with Gasteiger partial charge < -0.3 is 15.0 Å². The Kier molecular flexibility index (Phi) is 5.94. The molecule has 122 valence electrons. The lowest BCUT2D eigenvalue weighted by Crippen LogP contribution is -2.43. The van der Waals surface area contributed by atoms with Crippen LogP contribution in [0, 0.1) is 5.92 Å². The van der Waals surface area contributed by atoms with Gasteiger partial charge >= 0.3 is 0 Å². The Morgan fingerprint density at radius 3 is 3.09 bits per heavy atom. The fourth-order valence-corrected chi connectivity index (χ4v) is 2.63. The van der Waals surface area contributed by atoms with Crippen molar-refractivity contribution in [2.45, 2.75) is 19.3 Å². The number of amides is 1. The molecule has 1 aliphatic heterocycles. The van der Waals surface area contributed by atoms with Crippen LogP contribution in [0.1, 0.15) is 19.3 Å². The summed E-state index contributed by atoms with van der Waals surface area (Å²) in [7, 11) is 3.28. The highest BCUT2D eigenvalue weighted by atomic mass is 16.5. The molecule has 1 N–H and O–H groups in total. The van der Waals surface area contributed by atoms with Crippen molar-refractivity contribution in [3.05, 3.63) is 22.6 Å². The number of piperidine rings is 1. The summed E-state index contributed by atoms with van der Waals surface area (Å²) in [4.78, 5) is 25.9. The van der Waals surface area contributed by atoms with Gasteiger partial charge in [0, 0.05) is 46.5 Å². The van der Waals surface area contributed by atoms with Crippen molar-refractivity contribution < 1.29 is 9.53 Å². The third-order valence-corrected chi connectivity index (χ3v) is 3.94. The summed E-state index contributed by atoms with van der Waals surface area (Å²) in [5.41, 5.74) is 0.656. The van der Waals surface area contributed by atoms with Gasteiger partial charge in [0.2, 0.25) is 5.91 Å². The van der Waals surface area contributed by atoms with Gasteiger partial charge in [-0.05, 0) is 19.3 Å². The lowest BCUT2D eigenvalue weighted by atomic mass is 9.97. The largest absolute Gasteiger partial charge is 0.385 e. The Hall–Kier alpha value is -1.89. The van der Waals surface area contributed by atoms with E-state index in [2.05, 4.69) is 15.3 Å². The van der Waals surface area contributed by atoms with Crippen LogP contribution in [0.5, 0.6) is 0 Å². The summed E-state index contributed by atoms with van der Waals surface area (Å²) in [6.45, 7) is 2.76. The number of aryl methyl sites for hydroxylation is 1. The number of carbonyl (C=O) groups excluding carboxylic acids is 1. The van der Waals surface area contributed by atoms with Crippen molar-refractivity contribution in [3.8, 4) is 0 Å². The first-order valence-corrected chi connectivity index (χ1v) is 7.67. The normalized spacial score (nSPS) is 18.3. The topological polar surface area (TPSA) is 76.5 Å². The number of hydrogen-bond acceptors (Lipinski definition) is 5. The molecule has 0 saturated carbocycles. The van der Waals surface area contributed by atoms with Gasteiger partial charge in [0.1, 0.15) is 0 Å². The van der Waals surface area contributed by atoms with Crippen LogP contribution < -0.4 is 15.8 Å². The SMILES string of the molecule is COCCCNC(=O)[C@H]1CCCN(c2cnn(C)c(=O)c2)C1. The van der Waals surface area contributed by atoms with Gasteiger partial charge in [0.15, 0.2) is 0 Å². The Balaban J connectivity index is 1.92. The van der Waals surface area contributed by atoms with E-state index in [0.29, 0.717) is 19.7 Å². The summed E-state index contributed by atoms with van der Waals surface area (Å²) in [5, 5.41) is 6.99. The average molecular weight is 308 g/mol. The molecule has 2 rings (SSSR count). The molecule has 1 aromatic rings. The van der Waals surface area contributed by atoms with E-state index < -0.39 is 0 Å². The van der Waals surface area contributed by atoms with Crippen LogP contribution in [0.25, 0.3) is 0 Å². The maximum Gasteiger partial charge on any atom is 0.268 e. The van der Waals surface area contributed by atoms with Gasteiger partial charge in [-0.15, -0.1) is 0 Å². The lowest BCUT2D eigenvalue weighted by Gasteiger charge is -2.33. The number of methoxy groups -OCH3 is 1. The number of hydrogen-bond donors (Lipinski definition) is 1. The number of nitrogens with zero attached hydrogens (tertiary/aromatic N) is 3. The van der Waals surface area contributed by atoms with Crippen molar-refractivity contribution in [2.24, 2.45) is 13.0 Å². The second-order valence-electron chi connectivity index (χ2n) is 5.60. The van der Waals surface area contributed by atoms with Gasteiger partial charge in [-0.25, -0.2) is 4.68 Å². The zero-order chi connectivity index (χ0) is 15.9. The number of anilines is 1. The number of ether oxygens (including phenoxy) is 1. The molecule has 22 heavy (non-hydrogen) atoms. The third-order valence-electron chi connectivity index (χ3n) is 3.94. The molecule has 1 fully saturated rings. The fourth-order valence-electron chi connectivity index (χ4n) is 2.63. The molecule has 0 aliphatic carbocycles. The number of carbonyl (C=O) groups is 1. The first-order valence-electron chi connectivity index (χ1n) is 7.67. The Labute approximate surface area is 130 Å². The van der Waals surface area contributed by atoms with Crippen molar-refractivity contribution in [2.75, 3.05) is 38.3 Å².